The summed E-state index contributed by atoms with van der Waals surface area (Å²) in [6.45, 7) is 0.0669. The van der Waals surface area contributed by atoms with E-state index >= 15 is 0 Å². The monoisotopic (exact) mass is 577 g/mol. The van der Waals surface area contributed by atoms with E-state index < -0.39 is 17.9 Å². The van der Waals surface area contributed by atoms with Crippen LogP contribution in [0.5, 0.6) is 0 Å². The molecule has 0 aliphatic carbocycles. The molecule has 36 heavy (non-hydrogen) atoms. The Hall–Kier alpha value is -2.54. The Morgan fingerprint density at radius 1 is 0.861 bits per heavy atom. The number of carboxylic acids is 1. The Balaban J connectivity index is 1.71. The minimum atomic E-state index is -1.13. The maximum atomic E-state index is 13.7. The number of benzene rings is 3. The van der Waals surface area contributed by atoms with E-state index in [1.54, 1.807) is 18.2 Å². The van der Waals surface area contributed by atoms with Crippen LogP contribution in [0.2, 0.25) is 20.1 Å². The molecule has 0 bridgehead atoms. The highest BCUT2D eigenvalue weighted by molar-refractivity contribution is 7.10. The molecule has 1 N–H and O–H groups in total. The molecule has 0 saturated heterocycles. The van der Waals surface area contributed by atoms with Crippen molar-refractivity contribution in [3.8, 4) is 11.1 Å². The summed E-state index contributed by atoms with van der Waals surface area (Å²) in [6, 6.07) is 19.7. The molecule has 4 rings (SSSR count). The third kappa shape index (κ3) is 6.23. The highest BCUT2D eigenvalue weighted by atomic mass is 35.5. The van der Waals surface area contributed by atoms with Gasteiger partial charge in [-0.3, -0.25) is 4.79 Å². The van der Waals surface area contributed by atoms with E-state index in [9.17, 15) is 14.7 Å². The normalized spacial score (nSPS) is 11.8. The van der Waals surface area contributed by atoms with Gasteiger partial charge in [0.1, 0.15) is 6.04 Å². The van der Waals surface area contributed by atoms with Crippen LogP contribution in [0.3, 0.4) is 0 Å². The van der Waals surface area contributed by atoms with Crippen LogP contribution in [0.25, 0.3) is 11.1 Å². The van der Waals surface area contributed by atoms with E-state index in [2.05, 4.69) is 0 Å². The molecule has 9 heteroatoms. The summed E-state index contributed by atoms with van der Waals surface area (Å²) in [5.74, 6) is -1.62. The molecule has 4 nitrogen and oxygen atoms in total. The maximum Gasteiger partial charge on any atom is 0.326 e. The van der Waals surface area contributed by atoms with Crippen LogP contribution in [-0.2, 0) is 17.8 Å². The van der Waals surface area contributed by atoms with Gasteiger partial charge in [-0.15, -0.1) is 11.3 Å². The van der Waals surface area contributed by atoms with Gasteiger partial charge in [-0.05, 0) is 52.9 Å². The Bertz CT molecular complexity index is 1410. The molecular formula is C27H19Cl4NO3S. The predicted molar refractivity (Wildman–Crippen MR) is 148 cm³/mol. The predicted octanol–water partition coefficient (Wildman–Crippen LogP) is 8.37. The number of hydrogen-bond donors (Lipinski definition) is 1. The quantitative estimate of drug-likeness (QED) is 0.228. The molecule has 4 aromatic rings. The van der Waals surface area contributed by atoms with Crippen molar-refractivity contribution in [1.82, 2.24) is 4.90 Å². The lowest BCUT2D eigenvalue weighted by Gasteiger charge is -2.29. The summed E-state index contributed by atoms with van der Waals surface area (Å²) >= 11 is 26.1. The number of nitrogens with zero attached hydrogens (tertiary/aromatic N) is 1. The second-order valence-electron chi connectivity index (χ2n) is 8.03. The second-order valence-corrected chi connectivity index (χ2v) is 10.7. The summed E-state index contributed by atoms with van der Waals surface area (Å²) in [5, 5.41) is 13.6. The number of carbonyl (C=O) groups excluding carboxylic acids is 1. The summed E-state index contributed by atoms with van der Waals surface area (Å²) in [4.78, 5) is 28.3. The van der Waals surface area contributed by atoms with E-state index in [0.717, 1.165) is 21.6 Å². The van der Waals surface area contributed by atoms with Crippen molar-refractivity contribution in [1.29, 1.82) is 0 Å². The summed E-state index contributed by atoms with van der Waals surface area (Å²) in [5.41, 5.74) is 2.62. The topological polar surface area (TPSA) is 57.6 Å². The Morgan fingerprint density at radius 3 is 2.17 bits per heavy atom. The number of carboxylic acid groups (broad SMARTS) is 1. The van der Waals surface area contributed by atoms with E-state index in [0.29, 0.717) is 15.1 Å². The zero-order chi connectivity index (χ0) is 25.8. The van der Waals surface area contributed by atoms with Crippen LogP contribution in [0, 0.1) is 0 Å². The van der Waals surface area contributed by atoms with Crippen molar-refractivity contribution in [3.63, 3.8) is 0 Å². The molecule has 0 fully saturated rings. The summed E-state index contributed by atoms with van der Waals surface area (Å²) in [6.07, 6.45) is 0.133. The van der Waals surface area contributed by atoms with Crippen LogP contribution in [0.4, 0.5) is 0 Å². The molecule has 1 atom stereocenters. The Kier molecular flexibility index (Phi) is 8.60. The van der Waals surface area contributed by atoms with Gasteiger partial charge < -0.3 is 10.0 Å². The average Bonchev–Trinajstić information content (AvgIpc) is 3.29. The number of carbonyl (C=O) groups is 2. The summed E-state index contributed by atoms with van der Waals surface area (Å²) in [7, 11) is 0. The maximum absolute atomic E-state index is 13.7. The molecular weight excluding hydrogens is 560 g/mol. The first-order valence-corrected chi connectivity index (χ1v) is 13.2. The van der Waals surface area contributed by atoms with Gasteiger partial charge in [0.2, 0.25) is 0 Å². The fourth-order valence-electron chi connectivity index (χ4n) is 3.81. The van der Waals surface area contributed by atoms with Gasteiger partial charge in [0.15, 0.2) is 0 Å². The number of aliphatic carboxylic acids is 1. The van der Waals surface area contributed by atoms with Crippen molar-refractivity contribution in [3.05, 3.63) is 114 Å². The standard InChI is InChI=1S/C27H19Cl4NO3S/c28-18-6-8-21(23(30)12-18)17-11-20(36-15-17)14-32(26(33)22-9-7-19(29)13-24(22)31)25(27(34)35)10-16-4-2-1-3-5-16/h1-9,11-13,15,25H,10,14H2,(H,34,35). The van der Waals surface area contributed by atoms with Crippen LogP contribution >= 0.6 is 57.7 Å². The molecule has 3 aromatic carbocycles. The Morgan fingerprint density at radius 2 is 1.53 bits per heavy atom. The number of amides is 1. The zero-order valence-corrected chi connectivity index (χ0v) is 22.5. The summed E-state index contributed by atoms with van der Waals surface area (Å²) < 4.78 is 0. The molecule has 1 unspecified atom stereocenters. The van der Waals surface area contributed by atoms with Gasteiger partial charge in [0, 0.05) is 31.9 Å². The third-order valence-corrected chi connectivity index (χ3v) is 7.59. The molecule has 0 aliphatic rings. The first-order valence-electron chi connectivity index (χ1n) is 10.8. The lowest BCUT2D eigenvalue weighted by atomic mass is 10.0. The number of halogens is 4. The molecule has 1 amide bonds. The van der Waals surface area contributed by atoms with Crippen molar-refractivity contribution < 1.29 is 14.7 Å². The minimum Gasteiger partial charge on any atom is -0.480 e. The lowest BCUT2D eigenvalue weighted by Crippen LogP contribution is -2.46. The van der Waals surface area contributed by atoms with E-state index in [1.807, 2.05) is 47.8 Å². The molecule has 1 heterocycles. The number of rotatable bonds is 8. The SMILES string of the molecule is O=C(O)C(Cc1ccccc1)N(Cc1cc(-c2ccc(Cl)cc2Cl)cs1)C(=O)c1ccc(Cl)cc1Cl. The zero-order valence-electron chi connectivity index (χ0n) is 18.6. The lowest BCUT2D eigenvalue weighted by molar-refractivity contribution is -0.142. The Labute approximate surface area is 232 Å². The van der Waals surface area contributed by atoms with Crippen LogP contribution in [0.15, 0.2) is 78.2 Å². The van der Waals surface area contributed by atoms with Gasteiger partial charge in [0.05, 0.1) is 17.1 Å². The molecule has 0 saturated carbocycles. The largest absolute Gasteiger partial charge is 0.480 e. The minimum absolute atomic E-state index is 0.0669. The average molecular weight is 579 g/mol. The number of thiophene rings is 1. The molecule has 0 aliphatic heterocycles. The molecule has 0 radical (unpaired) electrons. The third-order valence-electron chi connectivity index (χ3n) is 5.58. The van der Waals surface area contributed by atoms with Crippen molar-refractivity contribution in [2.45, 2.75) is 19.0 Å². The van der Waals surface area contributed by atoms with Crippen molar-refractivity contribution in [2.24, 2.45) is 0 Å². The van der Waals surface area contributed by atoms with Gasteiger partial charge in [0.25, 0.3) is 5.91 Å². The van der Waals surface area contributed by atoms with Gasteiger partial charge in [-0.1, -0.05) is 82.8 Å². The van der Waals surface area contributed by atoms with E-state index in [1.165, 1.54) is 28.4 Å². The van der Waals surface area contributed by atoms with Gasteiger partial charge in [-0.25, -0.2) is 4.79 Å². The van der Waals surface area contributed by atoms with Crippen molar-refractivity contribution >= 4 is 69.6 Å². The highest BCUT2D eigenvalue weighted by Crippen LogP contribution is 2.34. The smallest absolute Gasteiger partial charge is 0.326 e. The van der Waals surface area contributed by atoms with E-state index in [4.69, 9.17) is 46.4 Å². The second kappa shape index (κ2) is 11.7. The van der Waals surface area contributed by atoms with Crippen LogP contribution < -0.4 is 0 Å². The first kappa shape index (κ1) is 26.5. The molecule has 184 valence electrons. The van der Waals surface area contributed by atoms with Gasteiger partial charge >= 0.3 is 5.97 Å². The van der Waals surface area contributed by atoms with Crippen molar-refractivity contribution in [2.75, 3.05) is 0 Å². The van der Waals surface area contributed by atoms with Crippen LogP contribution in [0.1, 0.15) is 20.8 Å². The number of hydrogen-bond acceptors (Lipinski definition) is 3. The molecule has 0 spiro atoms. The first-order chi connectivity index (χ1) is 17.2. The highest BCUT2D eigenvalue weighted by Gasteiger charge is 2.32. The fourth-order valence-corrected chi connectivity index (χ4v) is 5.69. The van der Waals surface area contributed by atoms with Gasteiger partial charge in [-0.2, -0.15) is 0 Å². The molecule has 1 aromatic heterocycles. The van der Waals surface area contributed by atoms with Crippen LogP contribution in [-0.4, -0.2) is 27.9 Å². The van der Waals surface area contributed by atoms with E-state index in [-0.39, 0.29) is 23.6 Å². The fraction of sp³-hybridized carbons (Fsp3) is 0.111.